The highest BCUT2D eigenvalue weighted by Crippen LogP contribution is 2.49. The smallest absolute Gasteiger partial charge is 0.416 e. The minimum absolute atomic E-state index is 0.0255. The summed E-state index contributed by atoms with van der Waals surface area (Å²) in [4.78, 5) is -0.430. The quantitative estimate of drug-likeness (QED) is 0.286. The Morgan fingerprint density at radius 3 is 2.61 bits per heavy atom. The van der Waals surface area contributed by atoms with Crippen molar-refractivity contribution in [2.45, 2.75) is 36.4 Å². The van der Waals surface area contributed by atoms with E-state index in [9.17, 15) is 26.9 Å². The minimum atomic E-state index is -4.66. The Labute approximate surface area is 212 Å². The molecule has 2 aliphatic rings. The van der Waals surface area contributed by atoms with Gasteiger partial charge in [0, 0.05) is 8.90 Å². The highest BCUT2D eigenvalue weighted by molar-refractivity contribution is 14.1. The maximum Gasteiger partial charge on any atom is 0.416 e. The summed E-state index contributed by atoms with van der Waals surface area (Å²) in [6.45, 7) is -0.0255. The molecular formula is C22H19BrF3IN2O3S. The Balaban J connectivity index is 1.65. The fourth-order valence-electron chi connectivity index (χ4n) is 4.41. The van der Waals surface area contributed by atoms with Crippen molar-refractivity contribution in [1.82, 2.24) is 0 Å². The van der Waals surface area contributed by atoms with Crippen molar-refractivity contribution >= 4 is 54.2 Å². The maximum absolute atomic E-state index is 13.5. The lowest BCUT2D eigenvalue weighted by Gasteiger charge is -2.44. The van der Waals surface area contributed by atoms with Gasteiger partial charge in [0.1, 0.15) is 11.9 Å². The van der Waals surface area contributed by atoms with E-state index in [2.05, 4.69) is 44.6 Å². The van der Waals surface area contributed by atoms with Gasteiger partial charge in [-0.2, -0.15) is 18.4 Å². The molecule has 11 heteroatoms. The molecule has 1 unspecified atom stereocenters. The van der Waals surface area contributed by atoms with Crippen LogP contribution in [0.15, 0.2) is 51.8 Å². The molecule has 0 amide bonds. The zero-order valence-corrected chi connectivity index (χ0v) is 21.7. The molecule has 1 saturated carbocycles. The maximum atomic E-state index is 13.5. The number of halogens is 5. The van der Waals surface area contributed by atoms with Crippen LogP contribution < -0.4 is 9.04 Å². The fraction of sp³-hybridized carbons (Fsp3) is 0.409. The van der Waals surface area contributed by atoms with Crippen molar-refractivity contribution in [3.63, 3.8) is 0 Å². The fourth-order valence-corrected chi connectivity index (χ4v) is 7.10. The largest absolute Gasteiger partial charge is 0.486 e. The van der Waals surface area contributed by atoms with Gasteiger partial charge in [-0.1, -0.05) is 44.6 Å². The number of benzene rings is 2. The van der Waals surface area contributed by atoms with Crippen LogP contribution in [0.5, 0.6) is 5.75 Å². The molecule has 0 N–H and O–H groups in total. The molecule has 2 aromatic rings. The van der Waals surface area contributed by atoms with Crippen molar-refractivity contribution in [3.8, 4) is 11.8 Å². The Morgan fingerprint density at radius 2 is 1.97 bits per heavy atom. The van der Waals surface area contributed by atoms with Crippen molar-refractivity contribution in [2.24, 2.45) is 11.3 Å². The van der Waals surface area contributed by atoms with Crippen LogP contribution in [-0.4, -0.2) is 25.5 Å². The molecular weight excluding hydrogens is 636 g/mol. The lowest BCUT2D eigenvalue weighted by atomic mass is 9.62. The first-order valence-electron chi connectivity index (χ1n) is 10.1. The molecule has 0 aromatic heterocycles. The molecule has 1 fully saturated rings. The molecule has 0 saturated heterocycles. The topological polar surface area (TPSA) is 70.4 Å². The molecule has 0 spiro atoms. The lowest BCUT2D eigenvalue weighted by Crippen LogP contribution is -2.46. The first kappa shape index (κ1) is 24.6. The predicted molar refractivity (Wildman–Crippen MR) is 129 cm³/mol. The third-order valence-electron chi connectivity index (χ3n) is 6.05. The number of hydrogen-bond donors (Lipinski definition) is 0. The highest BCUT2D eigenvalue weighted by Gasteiger charge is 2.46. The van der Waals surface area contributed by atoms with Crippen LogP contribution in [-0.2, 0) is 16.2 Å². The van der Waals surface area contributed by atoms with E-state index >= 15 is 0 Å². The van der Waals surface area contributed by atoms with Crippen LogP contribution in [0.3, 0.4) is 0 Å². The van der Waals surface area contributed by atoms with Crippen LogP contribution in [0, 0.1) is 22.7 Å². The molecule has 0 radical (unpaired) electrons. The number of fused-ring (bicyclic) bond motifs is 1. The van der Waals surface area contributed by atoms with Gasteiger partial charge in [-0.05, 0) is 61.6 Å². The molecule has 176 valence electrons. The molecule has 4 rings (SSSR count). The second-order valence-corrected chi connectivity index (χ2v) is 12.0. The zero-order chi connectivity index (χ0) is 24.0. The van der Waals surface area contributed by atoms with E-state index in [-0.39, 0.29) is 23.6 Å². The molecule has 1 heterocycles. The van der Waals surface area contributed by atoms with E-state index in [0.29, 0.717) is 22.7 Å². The van der Waals surface area contributed by atoms with E-state index in [1.165, 1.54) is 6.07 Å². The van der Waals surface area contributed by atoms with Gasteiger partial charge in [-0.25, -0.2) is 8.42 Å². The Kier molecular flexibility index (Phi) is 6.65. The van der Waals surface area contributed by atoms with Crippen LogP contribution in [0.25, 0.3) is 0 Å². The lowest BCUT2D eigenvalue weighted by molar-refractivity contribution is -0.137. The summed E-state index contributed by atoms with van der Waals surface area (Å²) in [6, 6.07) is 11.1. The molecule has 1 atom stereocenters. The molecule has 33 heavy (non-hydrogen) atoms. The standard InChI is InChI=1S/C22H19BrF3IN2O3S/c23-16-4-5-20-19(8-16)29(11-17(32-20)6-14-9-21(10-14,12-27)13-28)33(30,31)18-3-1-2-15(7-18)22(24,25)26/h1-5,7-8,14,17H,6,9-12H2. The Morgan fingerprint density at radius 1 is 1.24 bits per heavy atom. The van der Waals surface area contributed by atoms with Gasteiger partial charge in [0.15, 0.2) is 0 Å². The average Bonchev–Trinajstić information content (AvgIpc) is 2.75. The monoisotopic (exact) mass is 654 g/mol. The van der Waals surface area contributed by atoms with Crippen molar-refractivity contribution in [1.29, 1.82) is 5.26 Å². The van der Waals surface area contributed by atoms with E-state index in [1.54, 1.807) is 18.2 Å². The highest BCUT2D eigenvalue weighted by atomic mass is 127. The van der Waals surface area contributed by atoms with Gasteiger partial charge in [0.05, 0.1) is 34.2 Å². The summed E-state index contributed by atoms with van der Waals surface area (Å²) < 4.78 is 75.2. The molecule has 2 aromatic carbocycles. The summed E-state index contributed by atoms with van der Waals surface area (Å²) in [5.41, 5.74) is -1.10. The van der Waals surface area contributed by atoms with Crippen LogP contribution in [0.4, 0.5) is 18.9 Å². The SMILES string of the molecule is N#CC1(CI)CC(CC2CN(S(=O)(=O)c3cccc(C(F)(F)F)c3)c3cc(Br)ccc3O2)C1. The number of ether oxygens (including phenoxy) is 1. The first-order chi connectivity index (χ1) is 15.5. The second kappa shape index (κ2) is 8.92. The zero-order valence-electron chi connectivity index (χ0n) is 17.1. The number of anilines is 1. The third kappa shape index (κ3) is 4.84. The van der Waals surface area contributed by atoms with Gasteiger partial charge in [-0.3, -0.25) is 4.31 Å². The van der Waals surface area contributed by atoms with Gasteiger partial charge in [-0.15, -0.1) is 0 Å². The van der Waals surface area contributed by atoms with Crippen LogP contribution in [0.2, 0.25) is 0 Å². The van der Waals surface area contributed by atoms with E-state index in [4.69, 9.17) is 4.74 Å². The van der Waals surface area contributed by atoms with Crippen molar-refractivity contribution in [2.75, 3.05) is 15.3 Å². The Bertz CT molecular complexity index is 1210. The molecule has 0 bridgehead atoms. The minimum Gasteiger partial charge on any atom is -0.486 e. The van der Waals surface area contributed by atoms with E-state index in [0.717, 1.165) is 33.7 Å². The average molecular weight is 655 g/mol. The van der Waals surface area contributed by atoms with Crippen LogP contribution >= 0.6 is 38.5 Å². The normalized spacial score (nSPS) is 24.9. The first-order valence-corrected chi connectivity index (χ1v) is 13.9. The summed E-state index contributed by atoms with van der Waals surface area (Å²) in [5, 5.41) is 9.41. The van der Waals surface area contributed by atoms with Crippen molar-refractivity contribution in [3.05, 3.63) is 52.5 Å². The van der Waals surface area contributed by atoms with Crippen LogP contribution in [0.1, 0.15) is 24.8 Å². The summed E-state index contributed by atoms with van der Waals surface area (Å²) in [5.74, 6) is 0.573. The Hall–Kier alpha value is -1.52. The number of alkyl halides is 4. The van der Waals surface area contributed by atoms with Gasteiger partial charge >= 0.3 is 6.18 Å². The van der Waals surface area contributed by atoms with E-state index < -0.39 is 32.8 Å². The predicted octanol–water partition coefficient (Wildman–Crippen LogP) is 6.17. The van der Waals surface area contributed by atoms with Crippen molar-refractivity contribution < 1.29 is 26.3 Å². The van der Waals surface area contributed by atoms with Gasteiger partial charge < -0.3 is 4.74 Å². The number of nitrogens with zero attached hydrogens (tertiary/aromatic N) is 2. The second-order valence-electron chi connectivity index (χ2n) is 8.45. The number of nitriles is 1. The summed E-state index contributed by atoms with van der Waals surface area (Å²) in [6.07, 6.45) is -3.13. The van der Waals surface area contributed by atoms with Gasteiger partial charge in [0.25, 0.3) is 10.0 Å². The number of hydrogen-bond acceptors (Lipinski definition) is 4. The molecule has 1 aliphatic carbocycles. The molecule has 5 nitrogen and oxygen atoms in total. The van der Waals surface area contributed by atoms with Gasteiger partial charge in [0.2, 0.25) is 0 Å². The number of rotatable bonds is 5. The summed E-state index contributed by atoms with van der Waals surface area (Å²) >= 11 is 5.53. The number of sulfonamides is 1. The summed E-state index contributed by atoms with van der Waals surface area (Å²) in [7, 11) is -4.29. The third-order valence-corrected chi connectivity index (χ3v) is 9.78. The van der Waals surface area contributed by atoms with E-state index in [1.807, 2.05) is 0 Å². The molecule has 1 aliphatic heterocycles.